The monoisotopic (exact) mass is 325 g/mol. The first-order chi connectivity index (χ1) is 8.58. The number of aryl methyl sites for hydroxylation is 1. The van der Waals surface area contributed by atoms with Crippen molar-refractivity contribution in [3.05, 3.63) is 50.3 Å². The molecule has 94 valence electrons. The quantitative estimate of drug-likeness (QED) is 0.850. The summed E-state index contributed by atoms with van der Waals surface area (Å²) in [4.78, 5) is 19.3. The Balaban J connectivity index is 2.31. The maximum atomic E-state index is 11.3. The first kappa shape index (κ1) is 13.3. The van der Waals surface area contributed by atoms with Crippen LogP contribution in [0.15, 0.2) is 43.6 Å². The van der Waals surface area contributed by atoms with E-state index < -0.39 is 0 Å². The van der Waals surface area contributed by atoms with Gasteiger partial charge in [0.25, 0.3) is 5.56 Å². The lowest BCUT2D eigenvalue weighted by atomic mass is 10.2. The average molecular weight is 326 g/mol. The highest BCUT2D eigenvalue weighted by atomic mass is 79.9. The van der Waals surface area contributed by atoms with E-state index in [1.807, 2.05) is 18.2 Å². The molecule has 18 heavy (non-hydrogen) atoms. The van der Waals surface area contributed by atoms with Gasteiger partial charge in [-0.3, -0.25) is 4.79 Å². The molecular weight excluding hydrogens is 314 g/mol. The normalized spacial score (nSPS) is 10.6. The molecule has 0 amide bonds. The number of benzene rings is 1. The first-order valence-corrected chi connectivity index (χ1v) is 6.94. The van der Waals surface area contributed by atoms with Crippen LogP contribution in [0.1, 0.15) is 11.3 Å². The highest BCUT2D eigenvalue weighted by molar-refractivity contribution is 9.10. The molecule has 0 aliphatic heterocycles. The minimum absolute atomic E-state index is 0.139. The number of nitrogens with one attached hydrogen (secondary N) is 1. The second-order valence-electron chi connectivity index (χ2n) is 3.76. The summed E-state index contributed by atoms with van der Waals surface area (Å²) in [6.07, 6.45) is 0. The first-order valence-electron chi connectivity index (χ1n) is 5.33. The molecule has 0 fully saturated rings. The van der Waals surface area contributed by atoms with Gasteiger partial charge in [0.15, 0.2) is 5.16 Å². The number of aromatic amines is 1. The molecule has 4 nitrogen and oxygen atoms in total. The maximum Gasteiger partial charge on any atom is 0.251 e. The summed E-state index contributed by atoms with van der Waals surface area (Å²) < 4.78 is 0.944. The zero-order chi connectivity index (χ0) is 13.1. The summed E-state index contributed by atoms with van der Waals surface area (Å²) in [5, 5.41) is 0.584. The van der Waals surface area contributed by atoms with Crippen molar-refractivity contribution in [1.82, 2.24) is 9.97 Å². The Labute approximate surface area is 117 Å². The summed E-state index contributed by atoms with van der Waals surface area (Å²) in [6, 6.07) is 7.35. The molecule has 6 heteroatoms. The molecule has 0 radical (unpaired) electrons. The molecule has 0 spiro atoms. The van der Waals surface area contributed by atoms with Crippen molar-refractivity contribution in [2.24, 2.45) is 5.73 Å². The number of halogens is 1. The third-order valence-electron chi connectivity index (χ3n) is 2.29. The van der Waals surface area contributed by atoms with Crippen molar-refractivity contribution in [2.45, 2.75) is 23.5 Å². The van der Waals surface area contributed by atoms with E-state index in [2.05, 4.69) is 25.9 Å². The molecule has 0 saturated carbocycles. The minimum atomic E-state index is -0.139. The molecule has 1 aromatic carbocycles. The minimum Gasteiger partial charge on any atom is -0.326 e. The van der Waals surface area contributed by atoms with Gasteiger partial charge in [-0.2, -0.15) is 0 Å². The van der Waals surface area contributed by atoms with Crippen LogP contribution in [-0.4, -0.2) is 9.97 Å². The Morgan fingerprint density at radius 2 is 2.22 bits per heavy atom. The molecule has 3 N–H and O–H groups in total. The van der Waals surface area contributed by atoms with E-state index >= 15 is 0 Å². The smallest absolute Gasteiger partial charge is 0.251 e. The molecule has 1 heterocycles. The molecule has 0 aliphatic rings. The Morgan fingerprint density at radius 1 is 1.44 bits per heavy atom. The van der Waals surface area contributed by atoms with Gasteiger partial charge in [0, 0.05) is 27.7 Å². The van der Waals surface area contributed by atoms with Crippen LogP contribution in [0, 0.1) is 6.92 Å². The number of aromatic nitrogens is 2. The van der Waals surface area contributed by atoms with Crippen molar-refractivity contribution in [3.63, 3.8) is 0 Å². The van der Waals surface area contributed by atoms with E-state index in [1.165, 1.54) is 17.8 Å². The number of H-pyrrole nitrogens is 1. The van der Waals surface area contributed by atoms with Gasteiger partial charge in [-0.15, -0.1) is 0 Å². The molecule has 0 aliphatic carbocycles. The highest BCUT2D eigenvalue weighted by Crippen LogP contribution is 2.31. The fourth-order valence-electron chi connectivity index (χ4n) is 1.46. The summed E-state index contributed by atoms with van der Waals surface area (Å²) >= 11 is 4.89. The molecule has 2 rings (SSSR count). The number of hydrogen-bond donors (Lipinski definition) is 2. The van der Waals surface area contributed by atoms with E-state index in [0.29, 0.717) is 17.4 Å². The van der Waals surface area contributed by atoms with Crippen LogP contribution in [0.3, 0.4) is 0 Å². The molecule has 0 bridgehead atoms. The number of hydrogen-bond acceptors (Lipinski definition) is 4. The second-order valence-corrected chi connectivity index (χ2v) is 5.65. The average Bonchev–Trinajstić information content (AvgIpc) is 2.30. The highest BCUT2D eigenvalue weighted by Gasteiger charge is 2.06. The summed E-state index contributed by atoms with van der Waals surface area (Å²) in [7, 11) is 0. The van der Waals surface area contributed by atoms with Crippen LogP contribution in [0.5, 0.6) is 0 Å². The van der Waals surface area contributed by atoms with Gasteiger partial charge in [0.05, 0.1) is 0 Å². The van der Waals surface area contributed by atoms with Crippen molar-refractivity contribution in [1.29, 1.82) is 0 Å². The van der Waals surface area contributed by atoms with E-state index in [9.17, 15) is 4.79 Å². The van der Waals surface area contributed by atoms with Crippen LogP contribution in [0.25, 0.3) is 0 Å². The van der Waals surface area contributed by atoms with E-state index in [0.717, 1.165) is 14.9 Å². The van der Waals surface area contributed by atoms with Crippen LogP contribution >= 0.6 is 27.7 Å². The summed E-state index contributed by atoms with van der Waals surface area (Å²) in [5.74, 6) is 0. The zero-order valence-electron chi connectivity index (χ0n) is 9.74. The maximum absolute atomic E-state index is 11.3. The number of nitrogens with two attached hydrogens (primary N) is 1. The Hall–Kier alpha value is -1.11. The van der Waals surface area contributed by atoms with Gasteiger partial charge < -0.3 is 10.7 Å². The Bertz CT molecular complexity index is 627. The van der Waals surface area contributed by atoms with Gasteiger partial charge in [-0.05, 0) is 40.5 Å². The fraction of sp³-hybridized carbons (Fsp3) is 0.167. The zero-order valence-corrected chi connectivity index (χ0v) is 12.1. The van der Waals surface area contributed by atoms with Gasteiger partial charge in [0.1, 0.15) is 0 Å². The van der Waals surface area contributed by atoms with Gasteiger partial charge >= 0.3 is 0 Å². The fourth-order valence-corrected chi connectivity index (χ4v) is 2.97. The second kappa shape index (κ2) is 5.69. The predicted octanol–water partition coefficient (Wildman–Crippen LogP) is 2.45. The van der Waals surface area contributed by atoms with Crippen molar-refractivity contribution in [3.8, 4) is 0 Å². The van der Waals surface area contributed by atoms with Gasteiger partial charge in [-0.1, -0.05) is 17.8 Å². The SMILES string of the molecule is Cc1cc(=O)[nH]c(Sc2ccc(CN)cc2Br)n1. The lowest BCUT2D eigenvalue weighted by Crippen LogP contribution is -2.07. The number of nitrogens with zero attached hydrogens (tertiary/aromatic N) is 1. The standard InChI is InChI=1S/C12H12BrN3OS/c1-7-4-11(17)16-12(15-7)18-10-3-2-8(6-14)5-9(10)13/h2-5H,6,14H2,1H3,(H,15,16,17). The molecule has 0 atom stereocenters. The lowest BCUT2D eigenvalue weighted by Gasteiger charge is -2.05. The topological polar surface area (TPSA) is 71.8 Å². The van der Waals surface area contributed by atoms with Crippen LogP contribution in [-0.2, 0) is 6.54 Å². The third kappa shape index (κ3) is 3.22. The van der Waals surface area contributed by atoms with E-state index in [4.69, 9.17) is 5.73 Å². The van der Waals surface area contributed by atoms with Crippen LogP contribution < -0.4 is 11.3 Å². The predicted molar refractivity (Wildman–Crippen MR) is 75.8 cm³/mol. The van der Waals surface area contributed by atoms with Crippen molar-refractivity contribution < 1.29 is 0 Å². The molecular formula is C12H12BrN3OS. The third-order valence-corrected chi connectivity index (χ3v) is 4.17. The number of rotatable bonds is 3. The van der Waals surface area contributed by atoms with E-state index in [-0.39, 0.29) is 5.56 Å². The molecule has 2 aromatic rings. The molecule has 1 aromatic heterocycles. The molecule has 0 saturated heterocycles. The van der Waals surface area contributed by atoms with Crippen molar-refractivity contribution >= 4 is 27.7 Å². The Morgan fingerprint density at radius 3 is 2.83 bits per heavy atom. The van der Waals surface area contributed by atoms with E-state index in [1.54, 1.807) is 6.92 Å². The van der Waals surface area contributed by atoms with Crippen LogP contribution in [0.2, 0.25) is 0 Å². The van der Waals surface area contributed by atoms with Gasteiger partial charge in [-0.25, -0.2) is 4.98 Å². The van der Waals surface area contributed by atoms with Gasteiger partial charge in [0.2, 0.25) is 0 Å². The van der Waals surface area contributed by atoms with Crippen molar-refractivity contribution in [2.75, 3.05) is 0 Å². The largest absolute Gasteiger partial charge is 0.326 e. The molecule has 0 unspecified atom stereocenters. The Kier molecular flexibility index (Phi) is 4.21. The van der Waals surface area contributed by atoms with Crippen LogP contribution in [0.4, 0.5) is 0 Å². The summed E-state index contributed by atoms with van der Waals surface area (Å²) in [5.41, 5.74) is 7.19. The summed E-state index contributed by atoms with van der Waals surface area (Å²) in [6.45, 7) is 2.30. The lowest BCUT2D eigenvalue weighted by molar-refractivity contribution is 0.905.